The zero-order valence-corrected chi connectivity index (χ0v) is 36.3. The highest BCUT2D eigenvalue weighted by Crippen LogP contribution is 2.42. The lowest BCUT2D eigenvalue weighted by molar-refractivity contribution is -0.145. The zero-order valence-electron chi connectivity index (χ0n) is 35.4. The molecule has 1 saturated heterocycles. The summed E-state index contributed by atoms with van der Waals surface area (Å²) in [5.41, 5.74) is -0.238. The van der Waals surface area contributed by atoms with Gasteiger partial charge >= 0.3 is 6.09 Å². The summed E-state index contributed by atoms with van der Waals surface area (Å²) in [5, 5.41) is 15.5. The topological polar surface area (TPSA) is 203 Å². The number of aliphatic hydroxyl groups excluding tert-OH is 1. The van der Waals surface area contributed by atoms with Gasteiger partial charge in [-0.25, -0.2) is 18.2 Å². The van der Waals surface area contributed by atoms with Gasteiger partial charge in [0.05, 0.1) is 29.5 Å². The number of para-hydroxylation sites is 1. The summed E-state index contributed by atoms with van der Waals surface area (Å²) in [7, 11) is -3.93. The van der Waals surface area contributed by atoms with Crippen LogP contribution in [0, 0.1) is 17.8 Å². The van der Waals surface area contributed by atoms with Gasteiger partial charge in [-0.2, -0.15) is 0 Å². The molecule has 4 saturated carbocycles. The normalized spacial score (nSPS) is 29.5. The number of sulfonamides is 1. The average molecular weight is 876 g/mol. The molecule has 5 fully saturated rings. The molecule has 1 aromatic carbocycles. The van der Waals surface area contributed by atoms with Crippen molar-refractivity contribution >= 4 is 44.7 Å². The molecule has 7 atom stereocenters. The Hall–Kier alpha value is -4.70. The number of allylic oxidation sites excluding steroid dienone is 2. The summed E-state index contributed by atoms with van der Waals surface area (Å²) in [6, 6.07) is 5.51. The fraction of sp³-hybridized carbons (Fsp3) is 0.630. The number of rotatable bonds is 12. The van der Waals surface area contributed by atoms with Gasteiger partial charge in [-0.15, -0.1) is 6.58 Å². The van der Waals surface area contributed by atoms with E-state index in [-0.39, 0.29) is 43.9 Å². The first-order chi connectivity index (χ1) is 30.0. The third kappa shape index (κ3) is 9.32. The molecule has 4 aliphatic carbocycles. The monoisotopic (exact) mass is 875 g/mol. The number of hydrogen-bond acceptors (Lipinski definition) is 11. The van der Waals surface area contributed by atoms with E-state index in [1.54, 1.807) is 6.08 Å². The van der Waals surface area contributed by atoms with Crippen LogP contribution in [0.4, 0.5) is 4.79 Å². The third-order valence-electron chi connectivity index (χ3n) is 14.0. The predicted molar refractivity (Wildman–Crippen MR) is 231 cm³/mol. The number of nitrogens with zero attached hydrogens (tertiary/aromatic N) is 2. The lowest BCUT2D eigenvalue weighted by Gasteiger charge is -2.47. The van der Waals surface area contributed by atoms with Gasteiger partial charge < -0.3 is 34.9 Å². The lowest BCUT2D eigenvalue weighted by Crippen LogP contribution is -2.70. The van der Waals surface area contributed by atoms with Crippen molar-refractivity contribution in [3.63, 3.8) is 0 Å². The molecule has 4 amide bonds. The van der Waals surface area contributed by atoms with E-state index in [1.807, 2.05) is 24.3 Å². The molecule has 15 nitrogen and oxygen atoms in total. The zero-order chi connectivity index (χ0) is 43.4. The number of carbonyl (C=O) groups excluding carboxylic acids is 4. The van der Waals surface area contributed by atoms with Crippen LogP contribution in [0.1, 0.15) is 108 Å². The number of ether oxygens (including phenoxy) is 3. The summed E-state index contributed by atoms with van der Waals surface area (Å²) in [4.78, 5) is 64.0. The highest BCUT2D eigenvalue weighted by atomic mass is 32.2. The maximum atomic E-state index is 15.1. The summed E-state index contributed by atoms with van der Waals surface area (Å²) in [6.07, 6.45) is 14.7. The average Bonchev–Trinajstić information content (AvgIpc) is 3.58. The Balaban J connectivity index is 1.17. The first-order valence-electron chi connectivity index (χ1n) is 22.8. The van der Waals surface area contributed by atoms with Gasteiger partial charge in [-0.1, -0.05) is 43.2 Å². The molecule has 2 aliphatic heterocycles. The number of aromatic nitrogens is 1. The Bertz CT molecular complexity index is 2160. The molecule has 6 aliphatic rings. The van der Waals surface area contributed by atoms with Gasteiger partial charge in [0.2, 0.25) is 27.7 Å². The van der Waals surface area contributed by atoms with E-state index >= 15 is 4.79 Å². The van der Waals surface area contributed by atoms with E-state index < -0.39 is 68.7 Å². The molecule has 3 heterocycles. The maximum Gasteiger partial charge on any atom is 0.408 e. The van der Waals surface area contributed by atoms with E-state index in [1.165, 1.54) is 4.90 Å². The first-order valence-corrected chi connectivity index (χ1v) is 24.3. The Kier molecular flexibility index (Phi) is 13.4. The van der Waals surface area contributed by atoms with Crippen molar-refractivity contribution in [2.75, 3.05) is 19.8 Å². The van der Waals surface area contributed by atoms with Crippen molar-refractivity contribution in [3.05, 3.63) is 54.6 Å². The van der Waals surface area contributed by atoms with Crippen LogP contribution in [0.3, 0.4) is 0 Å². The van der Waals surface area contributed by atoms with Crippen LogP contribution in [-0.2, 0) is 35.6 Å². The lowest BCUT2D eigenvalue weighted by atomic mass is 9.66. The van der Waals surface area contributed by atoms with Crippen LogP contribution < -0.4 is 24.8 Å². The fourth-order valence-electron chi connectivity index (χ4n) is 10.2. The van der Waals surface area contributed by atoms with Crippen molar-refractivity contribution in [2.45, 2.75) is 144 Å². The van der Waals surface area contributed by atoms with E-state index in [0.29, 0.717) is 80.7 Å². The Morgan fingerprint density at radius 2 is 1.79 bits per heavy atom. The molecular formula is C46H61N5O10S. The maximum absolute atomic E-state index is 15.1. The summed E-state index contributed by atoms with van der Waals surface area (Å²) in [6.45, 7) is 4.27. The smallest absolute Gasteiger partial charge is 0.408 e. The van der Waals surface area contributed by atoms with Gasteiger partial charge in [0.25, 0.3) is 5.91 Å². The molecule has 7 unspecified atom stereocenters. The van der Waals surface area contributed by atoms with Gasteiger partial charge in [-0.3, -0.25) is 19.1 Å². The molecule has 62 heavy (non-hydrogen) atoms. The number of fused-ring (bicyclic) bond motifs is 5. The van der Waals surface area contributed by atoms with Crippen molar-refractivity contribution < 1.29 is 46.9 Å². The van der Waals surface area contributed by atoms with Crippen molar-refractivity contribution in [3.8, 4) is 11.6 Å². The molecule has 2 bridgehead atoms. The number of amides is 4. The van der Waals surface area contributed by atoms with Gasteiger partial charge in [0, 0.05) is 24.3 Å². The number of pyridine rings is 1. The number of unbranched alkanes of at least 4 members (excludes halogenated alkanes) is 1. The number of carbonyl (C=O) groups is 4. The molecule has 8 rings (SSSR count). The number of nitrogens with one attached hydrogen (secondary N) is 3. The minimum atomic E-state index is -3.93. The minimum Gasteiger partial charge on any atom is -0.492 e. The second-order valence-electron chi connectivity index (χ2n) is 18.1. The van der Waals surface area contributed by atoms with Crippen LogP contribution in [0.5, 0.6) is 11.6 Å². The van der Waals surface area contributed by atoms with Crippen LogP contribution in [-0.4, -0.2) is 102 Å². The van der Waals surface area contributed by atoms with E-state index in [0.717, 1.165) is 50.3 Å². The van der Waals surface area contributed by atoms with Crippen LogP contribution >= 0.6 is 0 Å². The first kappa shape index (κ1) is 43.9. The Morgan fingerprint density at radius 3 is 2.53 bits per heavy atom. The van der Waals surface area contributed by atoms with Crippen molar-refractivity contribution in [2.24, 2.45) is 17.8 Å². The third-order valence-corrected chi connectivity index (χ3v) is 15.8. The highest BCUT2D eigenvalue weighted by Gasteiger charge is 2.56. The van der Waals surface area contributed by atoms with Crippen molar-refractivity contribution in [1.82, 2.24) is 25.2 Å². The molecular weight excluding hydrogens is 815 g/mol. The van der Waals surface area contributed by atoms with Gasteiger partial charge in [0.15, 0.2) is 0 Å². The molecule has 16 heteroatoms. The van der Waals surface area contributed by atoms with Crippen LogP contribution in [0.25, 0.3) is 10.9 Å². The molecule has 0 spiro atoms. The van der Waals surface area contributed by atoms with Crippen LogP contribution in [0.15, 0.2) is 49.1 Å². The molecule has 1 aromatic heterocycles. The number of alkyl carbamates (subject to hydrolysis) is 1. The standard InChI is InChI=1S/C46H61N5O10S/c1-2-31-23-24-46(31,44(55)50-62(57,58)33-21-22-33)49-41(53)37-27-32-28-51(37)43(54)39(30-14-6-7-15-30)48-45(56)61-38-20-12-16-29(38)13-4-3-5-18-35-40(59-26-11-10-25-52)34-17-8-9-19-36(34)47-42(35)60-32/h2-3,5,8-9,17,19,29-33,37-39,52H,1,4,6-7,10-16,18,20-28H2,(H,48,56)(H,49,53)(H,50,55). The molecule has 0 radical (unpaired) electrons. The quantitative estimate of drug-likeness (QED) is 0.163. The van der Waals surface area contributed by atoms with E-state index in [9.17, 15) is 27.9 Å². The van der Waals surface area contributed by atoms with Crippen molar-refractivity contribution in [1.29, 1.82) is 0 Å². The van der Waals surface area contributed by atoms with Gasteiger partial charge in [-0.05, 0) is 114 Å². The largest absolute Gasteiger partial charge is 0.492 e. The highest BCUT2D eigenvalue weighted by molar-refractivity contribution is 7.91. The molecule has 336 valence electrons. The summed E-state index contributed by atoms with van der Waals surface area (Å²) >= 11 is 0. The predicted octanol–water partition coefficient (Wildman–Crippen LogP) is 5.14. The number of benzene rings is 1. The number of hydrogen-bond donors (Lipinski definition) is 4. The SMILES string of the molecule is C=CC1CCC1(NC(=O)C1CC2CN1C(=O)C(C1CCCC1)NC(=O)OC1CCCC1CCC=CCc1c(nc3ccccc3c1OCCCCO)O2)C(=O)NS(=O)(=O)C1CC1. The Morgan fingerprint density at radius 1 is 1.00 bits per heavy atom. The number of aliphatic hydroxyl groups is 1. The molecule has 2 aromatic rings. The second kappa shape index (κ2) is 19.0. The Labute approximate surface area is 363 Å². The summed E-state index contributed by atoms with van der Waals surface area (Å²) < 4.78 is 47.6. The fourth-order valence-corrected chi connectivity index (χ4v) is 11.6. The van der Waals surface area contributed by atoms with Crippen LogP contribution in [0.2, 0.25) is 0 Å². The molecule has 4 N–H and O–H groups in total. The van der Waals surface area contributed by atoms with E-state index in [2.05, 4.69) is 34.1 Å². The van der Waals surface area contributed by atoms with Gasteiger partial charge in [0.1, 0.15) is 35.6 Å². The van der Waals surface area contributed by atoms with E-state index in [4.69, 9.17) is 19.2 Å². The summed E-state index contributed by atoms with van der Waals surface area (Å²) in [5.74, 6) is -1.55. The minimum absolute atomic E-state index is 0.0243. The second-order valence-corrected chi connectivity index (χ2v) is 20.0.